The second-order valence-electron chi connectivity index (χ2n) is 4.70. The molecule has 0 saturated carbocycles. The number of carbonyl (C=O) groups is 1. The van der Waals surface area contributed by atoms with Crippen LogP contribution in [0.2, 0.25) is 0 Å². The summed E-state index contributed by atoms with van der Waals surface area (Å²) in [5.74, 6) is 0.157. The highest BCUT2D eigenvalue weighted by molar-refractivity contribution is 5.99. The van der Waals surface area contributed by atoms with Crippen molar-refractivity contribution in [1.29, 1.82) is 0 Å². The van der Waals surface area contributed by atoms with Crippen molar-refractivity contribution in [3.63, 3.8) is 0 Å². The molecule has 3 N–H and O–H groups in total. The average molecular weight is 252 g/mol. The van der Waals surface area contributed by atoms with Gasteiger partial charge in [0.2, 0.25) is 0 Å². The molecule has 1 aromatic rings. The van der Waals surface area contributed by atoms with Crippen molar-refractivity contribution in [2.75, 3.05) is 26.6 Å². The molecule has 0 aliphatic carbocycles. The Morgan fingerprint density at radius 3 is 2.61 bits per heavy atom. The SMILES string of the molecule is COCC(C)(C)NC(=O)c1cccc(N)c1OC. The first-order chi connectivity index (χ1) is 8.41. The number of carbonyl (C=O) groups excluding carboxylic acids is 1. The molecule has 1 aromatic carbocycles. The lowest BCUT2D eigenvalue weighted by Gasteiger charge is -2.25. The van der Waals surface area contributed by atoms with Crippen LogP contribution in [0.5, 0.6) is 5.75 Å². The van der Waals surface area contributed by atoms with Gasteiger partial charge < -0.3 is 20.5 Å². The molecule has 0 spiro atoms. The Morgan fingerprint density at radius 1 is 1.39 bits per heavy atom. The van der Waals surface area contributed by atoms with Gasteiger partial charge in [0.05, 0.1) is 30.5 Å². The molecule has 0 radical (unpaired) electrons. The molecule has 0 saturated heterocycles. The summed E-state index contributed by atoms with van der Waals surface area (Å²) < 4.78 is 10.2. The molecule has 0 aliphatic heterocycles. The first kappa shape index (κ1) is 14.3. The highest BCUT2D eigenvalue weighted by atomic mass is 16.5. The highest BCUT2D eigenvalue weighted by Crippen LogP contribution is 2.26. The third-order valence-corrected chi connectivity index (χ3v) is 2.45. The summed E-state index contributed by atoms with van der Waals surface area (Å²) in [5.41, 5.74) is 6.16. The quantitative estimate of drug-likeness (QED) is 0.777. The van der Waals surface area contributed by atoms with Gasteiger partial charge in [0.15, 0.2) is 5.75 Å². The number of nitrogens with two attached hydrogens (primary N) is 1. The summed E-state index contributed by atoms with van der Waals surface area (Å²) in [4.78, 5) is 12.2. The van der Waals surface area contributed by atoms with Gasteiger partial charge in [-0.25, -0.2) is 0 Å². The van der Waals surface area contributed by atoms with Crippen LogP contribution in [-0.2, 0) is 4.74 Å². The van der Waals surface area contributed by atoms with Crippen molar-refractivity contribution in [2.45, 2.75) is 19.4 Å². The van der Waals surface area contributed by atoms with Gasteiger partial charge in [-0.05, 0) is 26.0 Å². The zero-order valence-electron chi connectivity index (χ0n) is 11.2. The van der Waals surface area contributed by atoms with Crippen molar-refractivity contribution in [1.82, 2.24) is 5.32 Å². The maximum atomic E-state index is 12.2. The largest absolute Gasteiger partial charge is 0.494 e. The fourth-order valence-electron chi connectivity index (χ4n) is 1.73. The van der Waals surface area contributed by atoms with E-state index in [1.165, 1.54) is 7.11 Å². The van der Waals surface area contributed by atoms with Crippen LogP contribution in [0.15, 0.2) is 18.2 Å². The van der Waals surface area contributed by atoms with E-state index in [0.29, 0.717) is 23.6 Å². The Labute approximate surface area is 107 Å². The third kappa shape index (κ3) is 3.37. The van der Waals surface area contributed by atoms with Crippen molar-refractivity contribution >= 4 is 11.6 Å². The minimum Gasteiger partial charge on any atom is -0.494 e. The molecule has 1 amide bonds. The van der Waals surface area contributed by atoms with E-state index in [9.17, 15) is 4.79 Å². The number of rotatable bonds is 5. The zero-order chi connectivity index (χ0) is 13.8. The van der Waals surface area contributed by atoms with Crippen molar-refractivity contribution in [2.24, 2.45) is 0 Å². The summed E-state index contributed by atoms with van der Waals surface area (Å²) in [6, 6.07) is 5.08. The Balaban J connectivity index is 2.94. The lowest BCUT2D eigenvalue weighted by atomic mass is 10.1. The summed E-state index contributed by atoms with van der Waals surface area (Å²) in [5, 5.41) is 2.88. The van der Waals surface area contributed by atoms with Gasteiger partial charge >= 0.3 is 0 Å². The number of methoxy groups -OCH3 is 2. The van der Waals surface area contributed by atoms with Gasteiger partial charge in [-0.3, -0.25) is 4.79 Å². The second-order valence-corrected chi connectivity index (χ2v) is 4.70. The smallest absolute Gasteiger partial charge is 0.255 e. The number of anilines is 1. The summed E-state index contributed by atoms with van der Waals surface area (Å²) in [6.07, 6.45) is 0. The van der Waals surface area contributed by atoms with Crippen LogP contribution >= 0.6 is 0 Å². The number of ether oxygens (including phenoxy) is 2. The molecule has 0 unspecified atom stereocenters. The van der Waals surface area contributed by atoms with E-state index in [1.54, 1.807) is 25.3 Å². The van der Waals surface area contributed by atoms with E-state index in [4.69, 9.17) is 15.2 Å². The highest BCUT2D eigenvalue weighted by Gasteiger charge is 2.23. The van der Waals surface area contributed by atoms with Gasteiger partial charge in [0.1, 0.15) is 0 Å². The summed E-state index contributed by atoms with van der Waals surface area (Å²) in [6.45, 7) is 4.18. The monoisotopic (exact) mass is 252 g/mol. The predicted octanol–water partition coefficient (Wildman–Crippen LogP) is 1.43. The molecule has 100 valence electrons. The van der Waals surface area contributed by atoms with Crippen LogP contribution < -0.4 is 15.8 Å². The number of nitrogen functional groups attached to an aromatic ring is 1. The number of benzene rings is 1. The van der Waals surface area contributed by atoms with Crippen LogP contribution in [0.4, 0.5) is 5.69 Å². The summed E-state index contributed by atoms with van der Waals surface area (Å²) >= 11 is 0. The molecular formula is C13H20N2O3. The molecular weight excluding hydrogens is 232 g/mol. The van der Waals surface area contributed by atoms with E-state index >= 15 is 0 Å². The normalized spacial score (nSPS) is 11.1. The standard InChI is InChI=1S/C13H20N2O3/c1-13(2,8-17-3)15-12(16)9-6-5-7-10(14)11(9)18-4/h5-7H,8,14H2,1-4H3,(H,15,16). The molecule has 5 nitrogen and oxygen atoms in total. The van der Waals surface area contributed by atoms with Crippen LogP contribution in [0.3, 0.4) is 0 Å². The molecule has 0 heterocycles. The molecule has 0 bridgehead atoms. The first-order valence-corrected chi connectivity index (χ1v) is 5.65. The number of hydrogen-bond acceptors (Lipinski definition) is 4. The lowest BCUT2D eigenvalue weighted by molar-refractivity contribution is 0.0817. The Morgan fingerprint density at radius 2 is 2.06 bits per heavy atom. The van der Waals surface area contributed by atoms with Crippen molar-refractivity contribution < 1.29 is 14.3 Å². The van der Waals surface area contributed by atoms with Crippen molar-refractivity contribution in [3.05, 3.63) is 23.8 Å². The van der Waals surface area contributed by atoms with E-state index in [0.717, 1.165) is 0 Å². The molecule has 0 fully saturated rings. The molecule has 5 heteroatoms. The minimum absolute atomic E-state index is 0.235. The van der Waals surface area contributed by atoms with Crippen molar-refractivity contribution in [3.8, 4) is 5.75 Å². The Bertz CT molecular complexity index is 430. The molecule has 0 aromatic heterocycles. The fraction of sp³-hybridized carbons (Fsp3) is 0.462. The van der Waals surface area contributed by atoms with Gasteiger partial charge in [-0.2, -0.15) is 0 Å². The Kier molecular flexibility index (Phi) is 4.55. The summed E-state index contributed by atoms with van der Waals surface area (Å²) in [7, 11) is 3.08. The van der Waals surface area contributed by atoms with E-state index in [2.05, 4.69) is 5.32 Å². The number of hydrogen-bond donors (Lipinski definition) is 2. The second kappa shape index (κ2) is 5.73. The predicted molar refractivity (Wildman–Crippen MR) is 70.8 cm³/mol. The molecule has 1 rings (SSSR count). The van der Waals surface area contributed by atoms with E-state index < -0.39 is 5.54 Å². The number of para-hydroxylation sites is 1. The molecule has 18 heavy (non-hydrogen) atoms. The number of amides is 1. The number of nitrogens with one attached hydrogen (secondary N) is 1. The maximum Gasteiger partial charge on any atom is 0.255 e. The van der Waals surface area contributed by atoms with Crippen LogP contribution in [-0.4, -0.2) is 32.3 Å². The van der Waals surface area contributed by atoms with E-state index in [1.807, 2.05) is 13.8 Å². The third-order valence-electron chi connectivity index (χ3n) is 2.45. The molecule has 0 aliphatic rings. The minimum atomic E-state index is -0.457. The Hall–Kier alpha value is -1.75. The lowest BCUT2D eigenvalue weighted by Crippen LogP contribution is -2.46. The van der Waals surface area contributed by atoms with Gasteiger partial charge in [-0.15, -0.1) is 0 Å². The van der Waals surface area contributed by atoms with E-state index in [-0.39, 0.29) is 5.91 Å². The van der Waals surface area contributed by atoms with Gasteiger partial charge in [0.25, 0.3) is 5.91 Å². The topological polar surface area (TPSA) is 73.6 Å². The molecule has 0 atom stereocenters. The van der Waals surface area contributed by atoms with Crippen LogP contribution in [0.1, 0.15) is 24.2 Å². The first-order valence-electron chi connectivity index (χ1n) is 5.65. The van der Waals surface area contributed by atoms with Gasteiger partial charge in [-0.1, -0.05) is 6.07 Å². The van der Waals surface area contributed by atoms with Gasteiger partial charge in [0, 0.05) is 7.11 Å². The van der Waals surface area contributed by atoms with Crippen LogP contribution in [0.25, 0.3) is 0 Å². The fourth-order valence-corrected chi connectivity index (χ4v) is 1.73. The maximum absolute atomic E-state index is 12.2. The van der Waals surface area contributed by atoms with Crippen LogP contribution in [0, 0.1) is 0 Å². The average Bonchev–Trinajstić information content (AvgIpc) is 2.27. The zero-order valence-corrected chi connectivity index (χ0v) is 11.2.